The molecule has 3 rings (SSSR count). The van der Waals surface area contributed by atoms with Crippen LogP contribution in [-0.2, 0) is 13.5 Å². The van der Waals surface area contributed by atoms with Crippen molar-refractivity contribution >= 4 is 5.52 Å². The lowest BCUT2D eigenvalue weighted by atomic mass is 10.1. The number of aryl methyl sites for hydroxylation is 2. The van der Waals surface area contributed by atoms with Crippen LogP contribution in [-0.4, -0.2) is 29.5 Å². The Kier molecular flexibility index (Phi) is 3.00. The van der Waals surface area contributed by atoms with E-state index in [1.54, 1.807) is 35.5 Å². The summed E-state index contributed by atoms with van der Waals surface area (Å²) < 4.78 is 3.54. The summed E-state index contributed by atoms with van der Waals surface area (Å²) in [6.45, 7) is 0. The van der Waals surface area contributed by atoms with Crippen molar-refractivity contribution in [2.75, 3.05) is 0 Å². The first-order valence-electron chi connectivity index (χ1n) is 6.18. The van der Waals surface area contributed by atoms with Crippen LogP contribution in [0.15, 0.2) is 37.1 Å². The molecule has 0 aromatic carbocycles. The molecule has 3 aromatic rings. The number of aliphatic hydroxyl groups excluding tert-OH is 1. The Morgan fingerprint density at radius 2 is 2.16 bits per heavy atom. The van der Waals surface area contributed by atoms with E-state index in [1.807, 2.05) is 17.8 Å². The van der Waals surface area contributed by atoms with Crippen LogP contribution in [0.1, 0.15) is 23.8 Å². The standard InChI is InChI=1S/C13H15N5O/c1-17-10(4-5-15-17)2-3-13(19)11-8-16-18-7-6-14-9-12(11)18/h4-9,13,19H,2-3H2,1H3. The van der Waals surface area contributed by atoms with Gasteiger partial charge in [0.25, 0.3) is 0 Å². The van der Waals surface area contributed by atoms with Gasteiger partial charge in [-0.3, -0.25) is 9.67 Å². The van der Waals surface area contributed by atoms with Crippen molar-refractivity contribution in [3.05, 3.63) is 48.3 Å². The van der Waals surface area contributed by atoms with Gasteiger partial charge in [0.1, 0.15) is 0 Å². The Hall–Kier alpha value is -2.21. The molecule has 0 aliphatic carbocycles. The van der Waals surface area contributed by atoms with Crippen LogP contribution in [0.2, 0.25) is 0 Å². The molecule has 0 spiro atoms. The smallest absolute Gasteiger partial charge is 0.0902 e. The fraction of sp³-hybridized carbons (Fsp3) is 0.308. The lowest BCUT2D eigenvalue weighted by Crippen LogP contribution is -2.03. The highest BCUT2D eigenvalue weighted by Gasteiger charge is 2.14. The molecule has 0 radical (unpaired) electrons. The normalized spacial score (nSPS) is 12.9. The molecule has 19 heavy (non-hydrogen) atoms. The fourth-order valence-electron chi connectivity index (χ4n) is 2.20. The molecule has 3 aromatic heterocycles. The molecule has 0 saturated carbocycles. The second-order valence-electron chi connectivity index (χ2n) is 4.51. The molecule has 98 valence electrons. The van der Waals surface area contributed by atoms with E-state index in [2.05, 4.69) is 15.2 Å². The zero-order valence-electron chi connectivity index (χ0n) is 10.6. The molecule has 0 aliphatic rings. The van der Waals surface area contributed by atoms with Crippen LogP contribution in [0.4, 0.5) is 0 Å². The summed E-state index contributed by atoms with van der Waals surface area (Å²) in [5, 5.41) is 18.6. The van der Waals surface area contributed by atoms with E-state index in [1.165, 1.54) is 0 Å². The minimum atomic E-state index is -0.545. The van der Waals surface area contributed by atoms with Gasteiger partial charge in [-0.15, -0.1) is 0 Å². The number of fused-ring (bicyclic) bond motifs is 1. The Morgan fingerprint density at radius 1 is 1.26 bits per heavy atom. The predicted molar refractivity (Wildman–Crippen MR) is 69.5 cm³/mol. The van der Waals surface area contributed by atoms with Gasteiger partial charge in [-0.05, 0) is 18.9 Å². The van der Waals surface area contributed by atoms with Crippen LogP contribution >= 0.6 is 0 Å². The number of rotatable bonds is 4. The maximum Gasteiger partial charge on any atom is 0.0902 e. The number of nitrogens with zero attached hydrogens (tertiary/aromatic N) is 5. The van der Waals surface area contributed by atoms with Crippen molar-refractivity contribution in [2.24, 2.45) is 7.05 Å². The molecule has 0 saturated heterocycles. The van der Waals surface area contributed by atoms with Gasteiger partial charge in [0.15, 0.2) is 0 Å². The average molecular weight is 257 g/mol. The SMILES string of the molecule is Cn1nccc1CCC(O)c1cnn2ccncc12. The number of aliphatic hydroxyl groups is 1. The maximum atomic E-state index is 10.3. The summed E-state index contributed by atoms with van der Waals surface area (Å²) in [5.74, 6) is 0. The lowest BCUT2D eigenvalue weighted by molar-refractivity contribution is 0.168. The summed E-state index contributed by atoms with van der Waals surface area (Å²) in [6, 6.07) is 1.96. The van der Waals surface area contributed by atoms with Gasteiger partial charge in [0.05, 0.1) is 24.0 Å². The van der Waals surface area contributed by atoms with Gasteiger partial charge in [0, 0.05) is 36.9 Å². The minimum absolute atomic E-state index is 0.545. The summed E-state index contributed by atoms with van der Waals surface area (Å²) in [5.41, 5.74) is 2.77. The molecule has 1 atom stereocenters. The van der Waals surface area contributed by atoms with E-state index >= 15 is 0 Å². The van der Waals surface area contributed by atoms with Crippen LogP contribution in [0.5, 0.6) is 0 Å². The number of hydrogen-bond acceptors (Lipinski definition) is 4. The second kappa shape index (κ2) is 4.81. The summed E-state index contributed by atoms with van der Waals surface area (Å²) in [7, 11) is 1.90. The van der Waals surface area contributed by atoms with E-state index in [0.29, 0.717) is 6.42 Å². The Bertz CT molecular complexity index is 687. The third kappa shape index (κ3) is 2.22. The fourth-order valence-corrected chi connectivity index (χ4v) is 2.20. The molecule has 1 N–H and O–H groups in total. The Labute approximate surface area is 110 Å². The molecule has 0 amide bonds. The number of hydrogen-bond donors (Lipinski definition) is 1. The van der Waals surface area contributed by atoms with Gasteiger partial charge in [-0.1, -0.05) is 0 Å². The first-order chi connectivity index (χ1) is 9.25. The predicted octanol–water partition coefficient (Wildman–Crippen LogP) is 1.13. The topological polar surface area (TPSA) is 68.2 Å². The quantitative estimate of drug-likeness (QED) is 0.760. The average Bonchev–Trinajstić information content (AvgIpc) is 3.02. The molecule has 3 heterocycles. The molecule has 0 bridgehead atoms. The van der Waals surface area contributed by atoms with E-state index in [9.17, 15) is 5.11 Å². The van der Waals surface area contributed by atoms with E-state index < -0.39 is 6.10 Å². The van der Waals surface area contributed by atoms with Crippen molar-refractivity contribution in [3.8, 4) is 0 Å². The highest BCUT2D eigenvalue weighted by molar-refractivity contribution is 5.52. The number of aromatic nitrogens is 5. The highest BCUT2D eigenvalue weighted by Crippen LogP contribution is 2.22. The van der Waals surface area contributed by atoms with Gasteiger partial charge in [-0.25, -0.2) is 4.52 Å². The third-order valence-electron chi connectivity index (χ3n) is 3.31. The molecule has 0 fully saturated rings. The highest BCUT2D eigenvalue weighted by atomic mass is 16.3. The molecule has 1 unspecified atom stereocenters. The van der Waals surface area contributed by atoms with Crippen LogP contribution in [0, 0.1) is 0 Å². The van der Waals surface area contributed by atoms with Gasteiger partial charge in [-0.2, -0.15) is 10.2 Å². The van der Waals surface area contributed by atoms with Gasteiger partial charge in [0.2, 0.25) is 0 Å². The summed E-state index contributed by atoms with van der Waals surface area (Å²) in [6.07, 6.45) is 9.49. The van der Waals surface area contributed by atoms with E-state index in [0.717, 1.165) is 23.2 Å². The van der Waals surface area contributed by atoms with E-state index in [-0.39, 0.29) is 0 Å². The van der Waals surface area contributed by atoms with Crippen molar-refractivity contribution in [2.45, 2.75) is 18.9 Å². The van der Waals surface area contributed by atoms with Crippen LogP contribution in [0.3, 0.4) is 0 Å². The summed E-state index contributed by atoms with van der Waals surface area (Å²) in [4.78, 5) is 4.07. The second-order valence-corrected chi connectivity index (χ2v) is 4.51. The van der Waals surface area contributed by atoms with Crippen molar-refractivity contribution < 1.29 is 5.11 Å². The molecular weight excluding hydrogens is 242 g/mol. The molecule has 6 heteroatoms. The maximum absolute atomic E-state index is 10.3. The Morgan fingerprint density at radius 3 is 2.95 bits per heavy atom. The molecule has 6 nitrogen and oxygen atoms in total. The summed E-state index contributed by atoms with van der Waals surface area (Å²) >= 11 is 0. The zero-order valence-corrected chi connectivity index (χ0v) is 10.6. The van der Waals surface area contributed by atoms with Gasteiger partial charge < -0.3 is 5.11 Å². The third-order valence-corrected chi connectivity index (χ3v) is 3.31. The molecular formula is C13H15N5O. The molecule has 0 aliphatic heterocycles. The van der Waals surface area contributed by atoms with Crippen molar-refractivity contribution in [3.63, 3.8) is 0 Å². The van der Waals surface area contributed by atoms with Crippen LogP contribution < -0.4 is 0 Å². The minimum Gasteiger partial charge on any atom is -0.388 e. The van der Waals surface area contributed by atoms with Crippen molar-refractivity contribution in [1.29, 1.82) is 0 Å². The Balaban J connectivity index is 1.77. The largest absolute Gasteiger partial charge is 0.388 e. The monoisotopic (exact) mass is 257 g/mol. The van der Waals surface area contributed by atoms with Crippen LogP contribution in [0.25, 0.3) is 5.52 Å². The van der Waals surface area contributed by atoms with Crippen molar-refractivity contribution in [1.82, 2.24) is 24.4 Å². The first kappa shape index (κ1) is 11.9. The lowest BCUT2D eigenvalue weighted by Gasteiger charge is -2.09. The zero-order chi connectivity index (χ0) is 13.2. The first-order valence-corrected chi connectivity index (χ1v) is 6.18. The van der Waals surface area contributed by atoms with Gasteiger partial charge >= 0.3 is 0 Å². The van der Waals surface area contributed by atoms with E-state index in [4.69, 9.17) is 0 Å².